The number of rotatable bonds is 8. The van der Waals surface area contributed by atoms with Gasteiger partial charge in [0.05, 0.1) is 0 Å². The van der Waals surface area contributed by atoms with Gasteiger partial charge in [0.2, 0.25) is 5.91 Å². The Morgan fingerprint density at radius 3 is 2.50 bits per heavy atom. The van der Waals surface area contributed by atoms with Crippen molar-refractivity contribution >= 4 is 5.91 Å². The molecule has 0 aliphatic carbocycles. The molecule has 8 heteroatoms. The zero-order valence-corrected chi connectivity index (χ0v) is 15.8. The highest BCUT2D eigenvalue weighted by Gasteiger charge is 2.27. The van der Waals surface area contributed by atoms with Crippen molar-refractivity contribution in [2.45, 2.75) is 45.7 Å². The molecule has 2 unspecified atom stereocenters. The van der Waals surface area contributed by atoms with E-state index in [9.17, 15) is 9.18 Å². The normalized spacial score (nSPS) is 13.7. The molecule has 0 saturated carbocycles. The Bertz CT molecular complexity index is 715. The molecule has 0 spiro atoms. The smallest absolute Gasteiger partial charge is 0.247 e. The Labute approximate surface area is 153 Å². The Morgan fingerprint density at radius 1 is 1.31 bits per heavy atom. The summed E-state index contributed by atoms with van der Waals surface area (Å²) in [5, 5.41) is 11.5. The maximum absolute atomic E-state index is 13.2. The van der Waals surface area contributed by atoms with E-state index in [1.807, 2.05) is 0 Å². The van der Waals surface area contributed by atoms with Crippen LogP contribution in [0.4, 0.5) is 4.39 Å². The fourth-order valence-electron chi connectivity index (χ4n) is 2.69. The van der Waals surface area contributed by atoms with E-state index < -0.39 is 6.04 Å². The summed E-state index contributed by atoms with van der Waals surface area (Å²) in [4.78, 5) is 14.7. The lowest BCUT2D eigenvalue weighted by molar-refractivity contribution is -0.134. The van der Waals surface area contributed by atoms with E-state index in [0.717, 1.165) is 12.0 Å². The number of hydrogen-bond acceptors (Lipinski definition) is 5. The molecule has 2 aromatic rings. The fraction of sp³-hybridized carbons (Fsp3) is 0.556. The van der Waals surface area contributed by atoms with Crippen LogP contribution in [0.5, 0.6) is 0 Å². The molecule has 1 heterocycles. The van der Waals surface area contributed by atoms with E-state index in [2.05, 4.69) is 29.4 Å². The highest BCUT2D eigenvalue weighted by Crippen LogP contribution is 2.18. The number of likely N-dealkylation sites (N-methyl/N-ethyl adjacent to an activating group) is 1. The first-order chi connectivity index (χ1) is 12.3. The van der Waals surface area contributed by atoms with Crippen LogP contribution in [0.15, 0.2) is 24.3 Å². The molecule has 0 fully saturated rings. The number of benzene rings is 1. The molecule has 2 rings (SSSR count). The predicted molar refractivity (Wildman–Crippen MR) is 96.8 cm³/mol. The van der Waals surface area contributed by atoms with Crippen molar-refractivity contribution in [2.75, 3.05) is 13.6 Å². The van der Waals surface area contributed by atoms with Crippen LogP contribution in [0.1, 0.15) is 37.7 Å². The van der Waals surface area contributed by atoms with Crippen LogP contribution in [0.3, 0.4) is 0 Å². The van der Waals surface area contributed by atoms with Gasteiger partial charge in [-0.15, -0.1) is 5.10 Å². The van der Waals surface area contributed by atoms with E-state index in [0.29, 0.717) is 24.7 Å². The second-order valence-corrected chi connectivity index (χ2v) is 6.97. The van der Waals surface area contributed by atoms with Crippen LogP contribution in [0.25, 0.3) is 0 Å². The van der Waals surface area contributed by atoms with Crippen molar-refractivity contribution in [3.8, 4) is 0 Å². The number of aromatic nitrogens is 4. The molecule has 0 aliphatic heterocycles. The van der Waals surface area contributed by atoms with Crippen molar-refractivity contribution in [1.82, 2.24) is 25.1 Å². The van der Waals surface area contributed by atoms with Gasteiger partial charge in [0, 0.05) is 26.1 Å². The molecule has 142 valence electrons. The third-order valence-electron chi connectivity index (χ3n) is 4.61. The lowest BCUT2D eigenvalue weighted by Crippen LogP contribution is -2.39. The Morgan fingerprint density at radius 2 is 1.96 bits per heavy atom. The molecule has 1 amide bonds. The van der Waals surface area contributed by atoms with E-state index in [-0.39, 0.29) is 17.8 Å². The maximum atomic E-state index is 13.2. The predicted octanol–water partition coefficient (Wildman–Crippen LogP) is 1.74. The van der Waals surface area contributed by atoms with Crippen molar-refractivity contribution < 1.29 is 9.18 Å². The molecule has 2 N–H and O–H groups in total. The molecule has 2 atom stereocenters. The summed E-state index contributed by atoms with van der Waals surface area (Å²) in [6.07, 6.45) is 1.10. The highest BCUT2D eigenvalue weighted by molar-refractivity contribution is 5.80. The number of carbonyl (C=O) groups excluding carboxylic acids is 1. The van der Waals surface area contributed by atoms with Crippen molar-refractivity contribution in [1.29, 1.82) is 0 Å². The van der Waals surface area contributed by atoms with Gasteiger partial charge in [0.25, 0.3) is 0 Å². The molecule has 1 aromatic heterocycles. The first-order valence-electron chi connectivity index (χ1n) is 8.79. The average Bonchev–Trinajstić information content (AvgIpc) is 3.03. The molecule has 0 aliphatic rings. The van der Waals surface area contributed by atoms with Crippen LogP contribution in [0.2, 0.25) is 0 Å². The minimum atomic E-state index is -0.587. The third-order valence-corrected chi connectivity index (χ3v) is 4.61. The standard InChI is InChI=1S/C18H27FN6O/c1-12(2)16(20)9-10-24(4)18(26)17(25-13(3)21-22-23-25)11-14-5-7-15(19)8-6-14/h5-8,12,16-17H,9-11,20H2,1-4H3. The van der Waals surface area contributed by atoms with Gasteiger partial charge in [-0.05, 0) is 47.4 Å². The zero-order chi connectivity index (χ0) is 19.3. The molecule has 26 heavy (non-hydrogen) atoms. The molecule has 7 nitrogen and oxygen atoms in total. The first kappa shape index (κ1) is 20.0. The van der Waals surface area contributed by atoms with Gasteiger partial charge in [-0.3, -0.25) is 4.79 Å². The van der Waals surface area contributed by atoms with Crippen molar-refractivity contribution in [2.24, 2.45) is 11.7 Å². The lowest BCUT2D eigenvalue weighted by atomic mass is 10.0. The SMILES string of the molecule is Cc1nnnn1C(Cc1ccc(F)cc1)C(=O)N(C)CCC(N)C(C)C. The second-order valence-electron chi connectivity index (χ2n) is 6.97. The first-order valence-corrected chi connectivity index (χ1v) is 8.79. The quantitative estimate of drug-likeness (QED) is 0.772. The van der Waals surface area contributed by atoms with E-state index >= 15 is 0 Å². The van der Waals surface area contributed by atoms with Gasteiger partial charge in [-0.1, -0.05) is 26.0 Å². The summed E-state index contributed by atoms with van der Waals surface area (Å²) < 4.78 is 14.7. The van der Waals surface area contributed by atoms with Crippen LogP contribution in [0, 0.1) is 18.7 Å². The highest BCUT2D eigenvalue weighted by atomic mass is 19.1. The number of aryl methyl sites for hydroxylation is 1. The van der Waals surface area contributed by atoms with Crippen LogP contribution >= 0.6 is 0 Å². The maximum Gasteiger partial charge on any atom is 0.247 e. The number of tetrazole rings is 1. The number of amides is 1. The zero-order valence-electron chi connectivity index (χ0n) is 15.8. The third kappa shape index (κ3) is 5.08. The summed E-state index contributed by atoms with van der Waals surface area (Å²) in [6.45, 7) is 6.43. The van der Waals surface area contributed by atoms with Gasteiger partial charge in [-0.25, -0.2) is 9.07 Å². The average molecular weight is 362 g/mol. The van der Waals surface area contributed by atoms with Gasteiger partial charge < -0.3 is 10.6 Å². The number of halogens is 1. The topological polar surface area (TPSA) is 89.9 Å². The monoisotopic (exact) mass is 362 g/mol. The molecular weight excluding hydrogens is 335 g/mol. The van der Waals surface area contributed by atoms with Gasteiger partial charge in [-0.2, -0.15) is 0 Å². The van der Waals surface area contributed by atoms with E-state index in [1.165, 1.54) is 16.8 Å². The summed E-state index contributed by atoms with van der Waals surface area (Å²) in [5.41, 5.74) is 6.93. The van der Waals surface area contributed by atoms with Gasteiger partial charge >= 0.3 is 0 Å². The molecule has 0 bridgehead atoms. The summed E-state index contributed by atoms with van der Waals surface area (Å²) in [7, 11) is 1.76. The Balaban J connectivity index is 2.16. The van der Waals surface area contributed by atoms with Gasteiger partial charge in [0.15, 0.2) is 0 Å². The number of nitrogens with two attached hydrogens (primary N) is 1. The fourth-order valence-corrected chi connectivity index (χ4v) is 2.69. The lowest BCUT2D eigenvalue weighted by Gasteiger charge is -2.26. The summed E-state index contributed by atoms with van der Waals surface area (Å²) in [6, 6.07) is 5.56. The molecular formula is C18H27FN6O. The van der Waals surface area contributed by atoms with Crippen molar-refractivity contribution in [3.05, 3.63) is 41.5 Å². The molecule has 1 aromatic carbocycles. The van der Waals surface area contributed by atoms with E-state index in [1.54, 1.807) is 31.0 Å². The summed E-state index contributed by atoms with van der Waals surface area (Å²) >= 11 is 0. The molecule has 0 saturated heterocycles. The van der Waals surface area contributed by atoms with E-state index in [4.69, 9.17) is 5.73 Å². The number of carbonyl (C=O) groups is 1. The Hall–Kier alpha value is -2.35. The largest absolute Gasteiger partial charge is 0.344 e. The van der Waals surface area contributed by atoms with Crippen LogP contribution < -0.4 is 5.73 Å². The minimum absolute atomic E-state index is 0.0376. The minimum Gasteiger partial charge on any atom is -0.344 e. The second kappa shape index (κ2) is 8.84. The molecule has 0 radical (unpaired) electrons. The van der Waals surface area contributed by atoms with Crippen molar-refractivity contribution in [3.63, 3.8) is 0 Å². The number of nitrogens with zero attached hydrogens (tertiary/aromatic N) is 5. The summed E-state index contributed by atoms with van der Waals surface area (Å²) in [5.74, 6) is 0.503. The van der Waals surface area contributed by atoms with Gasteiger partial charge in [0.1, 0.15) is 17.7 Å². The Kier molecular flexibility index (Phi) is 6.79. The van der Waals surface area contributed by atoms with Crippen LogP contribution in [-0.4, -0.2) is 50.6 Å². The van der Waals surface area contributed by atoms with Crippen LogP contribution in [-0.2, 0) is 11.2 Å². The number of hydrogen-bond donors (Lipinski definition) is 1.